The van der Waals surface area contributed by atoms with Crippen LogP contribution < -0.4 is 0 Å². The zero-order chi connectivity index (χ0) is 16.2. The van der Waals surface area contributed by atoms with E-state index in [1.165, 1.54) is 0 Å². The summed E-state index contributed by atoms with van der Waals surface area (Å²) in [6, 6.07) is 8.95. The third kappa shape index (κ3) is 5.09. The van der Waals surface area contributed by atoms with Crippen LogP contribution in [0.15, 0.2) is 35.1 Å². The minimum atomic E-state index is -1.05. The van der Waals surface area contributed by atoms with Crippen molar-refractivity contribution >= 4 is 24.0 Å². The molecular formula is C16H20BrN3OSi. The van der Waals surface area contributed by atoms with Crippen LogP contribution in [-0.2, 0) is 11.5 Å². The molecule has 22 heavy (non-hydrogen) atoms. The number of halogens is 1. The molecule has 0 N–H and O–H groups in total. The van der Waals surface area contributed by atoms with Crippen molar-refractivity contribution in [2.45, 2.75) is 32.4 Å². The maximum Gasteiger partial charge on any atom is 0.139 e. The molecule has 0 spiro atoms. The van der Waals surface area contributed by atoms with Crippen LogP contribution in [0.2, 0.25) is 25.7 Å². The molecule has 0 aliphatic carbocycles. The third-order valence-corrected chi connectivity index (χ3v) is 5.38. The SMILES string of the molecule is C[Si](C)(C)CCOCn1cc(-c2cc(Br)cc(C#N)c2)cn1. The van der Waals surface area contributed by atoms with Crippen LogP contribution in [0.4, 0.5) is 0 Å². The van der Waals surface area contributed by atoms with Crippen LogP contribution in [0, 0.1) is 11.3 Å². The number of aromatic nitrogens is 2. The Balaban J connectivity index is 2.00. The second-order valence-corrected chi connectivity index (χ2v) is 13.0. The Bertz CT molecular complexity index is 685. The Morgan fingerprint density at radius 2 is 2.05 bits per heavy atom. The molecule has 1 aromatic heterocycles. The molecule has 6 heteroatoms. The highest BCUT2D eigenvalue weighted by molar-refractivity contribution is 9.10. The molecule has 2 aromatic rings. The lowest BCUT2D eigenvalue weighted by Gasteiger charge is -2.15. The summed E-state index contributed by atoms with van der Waals surface area (Å²) in [5.41, 5.74) is 2.58. The van der Waals surface area contributed by atoms with E-state index >= 15 is 0 Å². The summed E-state index contributed by atoms with van der Waals surface area (Å²) in [5.74, 6) is 0. The highest BCUT2D eigenvalue weighted by atomic mass is 79.9. The molecule has 0 atom stereocenters. The van der Waals surface area contributed by atoms with Crippen molar-refractivity contribution in [1.82, 2.24) is 9.78 Å². The van der Waals surface area contributed by atoms with Crippen molar-refractivity contribution in [2.24, 2.45) is 0 Å². The van der Waals surface area contributed by atoms with Gasteiger partial charge in [0.05, 0.1) is 17.8 Å². The standard InChI is InChI=1S/C16H20BrN3OSi/c1-22(2,3)5-4-21-12-20-11-15(10-19-20)14-6-13(9-18)7-16(17)8-14/h6-8,10-11H,4-5,12H2,1-3H3. The average Bonchev–Trinajstić information content (AvgIpc) is 2.91. The number of nitriles is 1. The molecule has 1 aromatic carbocycles. The quantitative estimate of drug-likeness (QED) is 0.550. The maximum atomic E-state index is 9.04. The number of hydrogen-bond acceptors (Lipinski definition) is 3. The lowest BCUT2D eigenvalue weighted by atomic mass is 10.1. The Morgan fingerprint density at radius 1 is 1.27 bits per heavy atom. The molecule has 116 valence electrons. The molecule has 0 aliphatic heterocycles. The minimum absolute atomic E-state index is 0.462. The molecular weight excluding hydrogens is 358 g/mol. The number of benzene rings is 1. The number of ether oxygens (including phenoxy) is 1. The molecule has 0 amide bonds. The Hall–Kier alpha value is -1.42. The molecule has 0 bridgehead atoms. The van der Waals surface area contributed by atoms with Gasteiger partial charge in [0, 0.05) is 30.9 Å². The van der Waals surface area contributed by atoms with Gasteiger partial charge >= 0.3 is 0 Å². The van der Waals surface area contributed by atoms with E-state index in [2.05, 4.69) is 46.7 Å². The van der Waals surface area contributed by atoms with E-state index in [1.54, 1.807) is 16.9 Å². The van der Waals surface area contributed by atoms with Crippen molar-refractivity contribution in [3.63, 3.8) is 0 Å². The lowest BCUT2D eigenvalue weighted by Crippen LogP contribution is -2.22. The van der Waals surface area contributed by atoms with E-state index in [0.717, 1.165) is 28.3 Å². The van der Waals surface area contributed by atoms with Gasteiger partial charge in [-0.25, -0.2) is 4.68 Å². The molecule has 2 rings (SSSR count). The molecule has 0 unspecified atom stereocenters. The summed E-state index contributed by atoms with van der Waals surface area (Å²) in [6.45, 7) is 8.25. The normalized spacial score (nSPS) is 11.4. The van der Waals surface area contributed by atoms with Gasteiger partial charge in [-0.1, -0.05) is 35.6 Å². The maximum absolute atomic E-state index is 9.04. The molecule has 0 aliphatic rings. The van der Waals surface area contributed by atoms with E-state index in [1.807, 2.05) is 18.3 Å². The van der Waals surface area contributed by atoms with Crippen LogP contribution in [-0.4, -0.2) is 24.5 Å². The first-order chi connectivity index (χ1) is 10.4. The summed E-state index contributed by atoms with van der Waals surface area (Å²) >= 11 is 3.43. The summed E-state index contributed by atoms with van der Waals surface area (Å²) in [7, 11) is -1.05. The summed E-state index contributed by atoms with van der Waals surface area (Å²) in [4.78, 5) is 0. The van der Waals surface area contributed by atoms with Crippen molar-refractivity contribution < 1.29 is 4.74 Å². The molecule has 4 nitrogen and oxygen atoms in total. The molecule has 0 fully saturated rings. The molecule has 0 saturated heterocycles. The fourth-order valence-electron chi connectivity index (χ4n) is 1.94. The van der Waals surface area contributed by atoms with Gasteiger partial charge < -0.3 is 4.74 Å². The summed E-state index contributed by atoms with van der Waals surface area (Å²) in [5, 5.41) is 13.4. The highest BCUT2D eigenvalue weighted by Crippen LogP contribution is 2.24. The average molecular weight is 378 g/mol. The molecule has 1 heterocycles. The predicted molar refractivity (Wildman–Crippen MR) is 94.2 cm³/mol. The van der Waals surface area contributed by atoms with Crippen molar-refractivity contribution in [2.75, 3.05) is 6.61 Å². The van der Waals surface area contributed by atoms with Crippen LogP contribution in [0.5, 0.6) is 0 Å². The first kappa shape index (κ1) is 16.9. The van der Waals surface area contributed by atoms with E-state index < -0.39 is 8.07 Å². The van der Waals surface area contributed by atoms with Crippen LogP contribution in [0.3, 0.4) is 0 Å². The number of hydrogen-bond donors (Lipinski definition) is 0. The van der Waals surface area contributed by atoms with Crippen LogP contribution >= 0.6 is 15.9 Å². The third-order valence-electron chi connectivity index (χ3n) is 3.21. The summed E-state index contributed by atoms with van der Waals surface area (Å²) in [6.07, 6.45) is 3.74. The van der Waals surface area contributed by atoms with Gasteiger partial charge in [0.15, 0.2) is 0 Å². The Labute approximate surface area is 140 Å². The van der Waals surface area contributed by atoms with Gasteiger partial charge in [-0.3, -0.25) is 0 Å². The first-order valence-corrected chi connectivity index (χ1v) is 11.7. The van der Waals surface area contributed by atoms with Crippen LogP contribution in [0.1, 0.15) is 5.56 Å². The van der Waals surface area contributed by atoms with Crippen molar-refractivity contribution in [1.29, 1.82) is 5.26 Å². The minimum Gasteiger partial charge on any atom is -0.360 e. The van der Waals surface area contributed by atoms with E-state index in [-0.39, 0.29) is 0 Å². The van der Waals surface area contributed by atoms with Crippen LogP contribution in [0.25, 0.3) is 11.1 Å². The van der Waals surface area contributed by atoms with Gasteiger partial charge in [0.25, 0.3) is 0 Å². The zero-order valence-electron chi connectivity index (χ0n) is 13.1. The second kappa shape index (κ2) is 7.23. The van der Waals surface area contributed by atoms with E-state index in [9.17, 15) is 0 Å². The topological polar surface area (TPSA) is 50.8 Å². The summed E-state index contributed by atoms with van der Waals surface area (Å²) < 4.78 is 8.36. The highest BCUT2D eigenvalue weighted by Gasteiger charge is 2.12. The van der Waals surface area contributed by atoms with E-state index in [0.29, 0.717) is 12.3 Å². The predicted octanol–water partition coefficient (Wildman–Crippen LogP) is 4.50. The van der Waals surface area contributed by atoms with Crippen molar-refractivity contribution in [3.05, 3.63) is 40.6 Å². The Kier molecular flexibility index (Phi) is 5.56. The van der Waals surface area contributed by atoms with Gasteiger partial charge in [-0.05, 0) is 29.8 Å². The monoisotopic (exact) mass is 377 g/mol. The first-order valence-electron chi connectivity index (χ1n) is 7.19. The largest absolute Gasteiger partial charge is 0.360 e. The second-order valence-electron chi connectivity index (χ2n) is 6.46. The molecule has 0 radical (unpaired) electrons. The van der Waals surface area contributed by atoms with Gasteiger partial charge in [-0.15, -0.1) is 0 Å². The van der Waals surface area contributed by atoms with E-state index in [4.69, 9.17) is 10.00 Å². The van der Waals surface area contributed by atoms with Gasteiger partial charge in [0.1, 0.15) is 6.73 Å². The fourth-order valence-corrected chi connectivity index (χ4v) is 3.19. The zero-order valence-corrected chi connectivity index (χ0v) is 15.7. The van der Waals surface area contributed by atoms with Gasteiger partial charge in [0.2, 0.25) is 0 Å². The molecule has 0 saturated carbocycles. The lowest BCUT2D eigenvalue weighted by molar-refractivity contribution is 0.0786. The van der Waals surface area contributed by atoms with Crippen molar-refractivity contribution in [3.8, 4) is 17.2 Å². The number of rotatable bonds is 6. The van der Waals surface area contributed by atoms with Gasteiger partial charge in [-0.2, -0.15) is 10.4 Å². The Morgan fingerprint density at radius 3 is 2.73 bits per heavy atom. The smallest absolute Gasteiger partial charge is 0.139 e. The number of nitrogens with zero attached hydrogens (tertiary/aromatic N) is 3. The fraction of sp³-hybridized carbons (Fsp3) is 0.375.